The average Bonchev–Trinajstić information content (AvgIpc) is 3.08. The molecule has 6 nitrogen and oxygen atoms in total. The number of thioether (sulfide) groups is 1. The number of ether oxygens (including phenoxy) is 3. The van der Waals surface area contributed by atoms with Gasteiger partial charge in [0.25, 0.3) is 5.56 Å². The van der Waals surface area contributed by atoms with Crippen LogP contribution >= 0.6 is 11.8 Å². The van der Waals surface area contributed by atoms with Crippen LogP contribution < -0.4 is 15.0 Å². The Bertz CT molecular complexity index is 906. The molecule has 0 bridgehead atoms. The molecular formula is C19H21NO5S. The summed E-state index contributed by atoms with van der Waals surface area (Å²) in [5.41, 5.74) is 2.59. The molecule has 1 aromatic heterocycles. The summed E-state index contributed by atoms with van der Waals surface area (Å²) >= 11 is 1.41. The predicted molar refractivity (Wildman–Crippen MR) is 99.3 cm³/mol. The van der Waals surface area contributed by atoms with Gasteiger partial charge in [-0.2, -0.15) is 0 Å². The molecule has 1 unspecified atom stereocenters. The number of aryl methyl sites for hydroxylation is 1. The molecule has 0 spiro atoms. The van der Waals surface area contributed by atoms with Crippen molar-refractivity contribution >= 4 is 17.7 Å². The van der Waals surface area contributed by atoms with Crippen molar-refractivity contribution in [1.82, 2.24) is 4.57 Å². The minimum atomic E-state index is -0.629. The number of fused-ring (bicyclic) bond motifs is 1. The van der Waals surface area contributed by atoms with Gasteiger partial charge in [-0.15, -0.1) is 11.8 Å². The number of hydrogen-bond donors (Lipinski definition) is 0. The molecule has 1 atom stereocenters. The first kappa shape index (κ1) is 18.4. The molecular weight excluding hydrogens is 354 g/mol. The molecule has 2 heterocycles. The third-order valence-electron chi connectivity index (χ3n) is 4.54. The number of esters is 1. The van der Waals surface area contributed by atoms with Gasteiger partial charge in [-0.1, -0.05) is 12.1 Å². The van der Waals surface area contributed by atoms with E-state index < -0.39 is 12.0 Å². The number of pyridine rings is 1. The summed E-state index contributed by atoms with van der Waals surface area (Å²) in [5.74, 6) is 1.35. The number of aromatic nitrogens is 1. The van der Waals surface area contributed by atoms with Crippen LogP contribution in [-0.2, 0) is 16.1 Å². The molecule has 0 radical (unpaired) electrons. The lowest BCUT2D eigenvalue weighted by molar-refractivity contribution is -0.143. The zero-order valence-corrected chi connectivity index (χ0v) is 16.0. The molecule has 0 saturated carbocycles. The quantitative estimate of drug-likeness (QED) is 0.749. The van der Waals surface area contributed by atoms with Crippen LogP contribution in [0.1, 0.15) is 22.7 Å². The fraction of sp³-hybridized carbons (Fsp3) is 0.368. The average molecular weight is 375 g/mol. The zero-order chi connectivity index (χ0) is 18.8. The fourth-order valence-electron chi connectivity index (χ4n) is 2.96. The van der Waals surface area contributed by atoms with Crippen molar-refractivity contribution in [3.8, 4) is 11.5 Å². The summed E-state index contributed by atoms with van der Waals surface area (Å²) in [5, 5.41) is 0.634. The van der Waals surface area contributed by atoms with E-state index in [-0.39, 0.29) is 12.2 Å². The maximum atomic E-state index is 12.6. The van der Waals surface area contributed by atoms with Crippen LogP contribution in [0.4, 0.5) is 0 Å². The third kappa shape index (κ3) is 3.19. The van der Waals surface area contributed by atoms with Crippen molar-refractivity contribution in [3.63, 3.8) is 0 Å². The smallest absolute Gasteiger partial charge is 0.329 e. The van der Waals surface area contributed by atoms with Crippen LogP contribution in [0.25, 0.3) is 0 Å². The van der Waals surface area contributed by atoms with Crippen LogP contribution in [0, 0.1) is 13.8 Å². The van der Waals surface area contributed by atoms with E-state index in [9.17, 15) is 9.59 Å². The molecule has 0 amide bonds. The second kappa shape index (κ2) is 7.45. The van der Waals surface area contributed by atoms with E-state index in [1.807, 2.05) is 32.0 Å². The van der Waals surface area contributed by atoms with Crippen LogP contribution in [0.5, 0.6) is 11.5 Å². The number of rotatable bonds is 5. The monoisotopic (exact) mass is 375 g/mol. The Kier molecular flexibility index (Phi) is 5.27. The summed E-state index contributed by atoms with van der Waals surface area (Å²) in [6.07, 6.45) is 0. The van der Waals surface area contributed by atoms with Gasteiger partial charge in [-0.05, 0) is 31.0 Å². The van der Waals surface area contributed by atoms with E-state index in [1.54, 1.807) is 7.11 Å². The highest BCUT2D eigenvalue weighted by Crippen LogP contribution is 2.40. The molecule has 26 heavy (non-hydrogen) atoms. The first-order valence-electron chi connectivity index (χ1n) is 8.20. The van der Waals surface area contributed by atoms with Gasteiger partial charge in [0.1, 0.15) is 23.4 Å². The van der Waals surface area contributed by atoms with Gasteiger partial charge in [0.2, 0.25) is 0 Å². The summed E-state index contributed by atoms with van der Waals surface area (Å²) in [6.45, 7) is 4.23. The molecule has 1 aromatic carbocycles. The van der Waals surface area contributed by atoms with Gasteiger partial charge in [-0.3, -0.25) is 9.36 Å². The molecule has 7 heteroatoms. The maximum absolute atomic E-state index is 12.6. The molecule has 0 aliphatic carbocycles. The minimum absolute atomic E-state index is 0.208. The number of benzene rings is 1. The Labute approximate surface area is 156 Å². The second-order valence-electron chi connectivity index (χ2n) is 6.05. The van der Waals surface area contributed by atoms with E-state index in [4.69, 9.17) is 14.2 Å². The third-order valence-corrected chi connectivity index (χ3v) is 5.68. The molecule has 2 aromatic rings. The molecule has 1 aliphatic rings. The molecule has 138 valence electrons. The van der Waals surface area contributed by atoms with Crippen molar-refractivity contribution < 1.29 is 19.0 Å². The molecule has 0 fully saturated rings. The van der Waals surface area contributed by atoms with Crippen LogP contribution in [0.15, 0.2) is 34.1 Å². The topological polar surface area (TPSA) is 66.8 Å². The van der Waals surface area contributed by atoms with E-state index in [1.165, 1.54) is 29.5 Å². The van der Waals surface area contributed by atoms with Crippen molar-refractivity contribution in [1.29, 1.82) is 0 Å². The Morgan fingerprint density at radius 1 is 1.31 bits per heavy atom. The lowest BCUT2D eigenvalue weighted by Gasteiger charge is -2.17. The van der Waals surface area contributed by atoms with Crippen molar-refractivity contribution in [3.05, 3.63) is 51.3 Å². The minimum Gasteiger partial charge on any atom is -0.494 e. The summed E-state index contributed by atoms with van der Waals surface area (Å²) in [6, 6.07) is 6.69. The van der Waals surface area contributed by atoms with Gasteiger partial charge in [-0.25, -0.2) is 4.79 Å². The Balaban J connectivity index is 1.95. The first-order valence-corrected chi connectivity index (χ1v) is 9.18. The molecule has 0 N–H and O–H groups in total. The normalized spacial score (nSPS) is 15.5. The Hall–Kier alpha value is -2.41. The Morgan fingerprint density at radius 2 is 2.08 bits per heavy atom. The van der Waals surface area contributed by atoms with Crippen molar-refractivity contribution in [2.45, 2.75) is 31.5 Å². The maximum Gasteiger partial charge on any atom is 0.329 e. The van der Waals surface area contributed by atoms with Gasteiger partial charge in [0.05, 0.1) is 14.2 Å². The number of carbonyl (C=O) groups excluding carboxylic acids is 1. The van der Waals surface area contributed by atoms with E-state index in [0.29, 0.717) is 22.1 Å². The Morgan fingerprint density at radius 3 is 2.77 bits per heavy atom. The lowest BCUT2D eigenvalue weighted by atomic mass is 10.1. The highest BCUT2D eigenvalue weighted by Gasteiger charge is 2.34. The summed E-state index contributed by atoms with van der Waals surface area (Å²) in [7, 11) is 2.87. The van der Waals surface area contributed by atoms with Gasteiger partial charge in [0.15, 0.2) is 5.75 Å². The fourth-order valence-corrected chi connectivity index (χ4v) is 4.27. The predicted octanol–water partition coefficient (Wildman–Crippen LogP) is 2.87. The first-order chi connectivity index (χ1) is 12.5. The molecule has 3 rings (SSSR count). The van der Waals surface area contributed by atoms with E-state index >= 15 is 0 Å². The second-order valence-corrected chi connectivity index (χ2v) is 7.06. The summed E-state index contributed by atoms with van der Waals surface area (Å²) in [4.78, 5) is 24.5. The number of nitrogens with zero attached hydrogens (tertiary/aromatic N) is 1. The van der Waals surface area contributed by atoms with E-state index in [0.717, 1.165) is 16.9 Å². The van der Waals surface area contributed by atoms with E-state index in [2.05, 4.69) is 0 Å². The van der Waals surface area contributed by atoms with Crippen LogP contribution in [0.2, 0.25) is 0 Å². The van der Waals surface area contributed by atoms with Gasteiger partial charge < -0.3 is 14.2 Å². The van der Waals surface area contributed by atoms with Gasteiger partial charge in [0, 0.05) is 17.4 Å². The lowest BCUT2D eigenvalue weighted by Crippen LogP contribution is -2.30. The van der Waals surface area contributed by atoms with Crippen LogP contribution in [0.3, 0.4) is 0 Å². The standard InChI is InChI=1S/C19H21NO5S/c1-11-6-5-7-15(12(11)2)25-9-13-8-16(21)20-14(19(22)24-4)10-26-18(20)17(13)23-3/h5-8,14H,9-10H2,1-4H3. The number of methoxy groups -OCH3 is 2. The molecule has 1 aliphatic heterocycles. The van der Waals surface area contributed by atoms with Crippen molar-refractivity contribution in [2.24, 2.45) is 0 Å². The largest absolute Gasteiger partial charge is 0.494 e. The highest BCUT2D eigenvalue weighted by molar-refractivity contribution is 7.99. The number of hydrogen-bond acceptors (Lipinski definition) is 6. The summed E-state index contributed by atoms with van der Waals surface area (Å²) < 4.78 is 17.7. The SMILES string of the molecule is COC(=O)C1CSc2c(OC)c(COc3cccc(C)c3C)cc(=O)n21. The van der Waals surface area contributed by atoms with Gasteiger partial charge >= 0.3 is 5.97 Å². The highest BCUT2D eigenvalue weighted by atomic mass is 32.2. The zero-order valence-electron chi connectivity index (χ0n) is 15.2. The van der Waals surface area contributed by atoms with Crippen LogP contribution in [-0.4, -0.2) is 30.5 Å². The molecule has 0 saturated heterocycles. The number of carbonyl (C=O) groups is 1. The van der Waals surface area contributed by atoms with Crippen molar-refractivity contribution in [2.75, 3.05) is 20.0 Å².